The molecule has 0 aliphatic carbocycles. The summed E-state index contributed by atoms with van der Waals surface area (Å²) in [4.78, 5) is 12.0. The third-order valence-corrected chi connectivity index (χ3v) is 4.76. The van der Waals surface area contributed by atoms with E-state index in [0.29, 0.717) is 13.2 Å². The van der Waals surface area contributed by atoms with E-state index in [1.54, 1.807) is 0 Å². The molecule has 0 unspecified atom stereocenters. The Morgan fingerprint density at radius 3 is 2.54 bits per heavy atom. The van der Waals surface area contributed by atoms with Crippen LogP contribution in [0, 0.1) is 0 Å². The second-order valence-electron chi connectivity index (χ2n) is 7.25. The van der Waals surface area contributed by atoms with E-state index in [9.17, 15) is 4.79 Å². The molecule has 3 fully saturated rings. The van der Waals surface area contributed by atoms with Gasteiger partial charge >= 0.3 is 0 Å². The van der Waals surface area contributed by atoms with Crippen molar-refractivity contribution >= 4 is 5.91 Å². The van der Waals surface area contributed by atoms with Crippen LogP contribution in [0.15, 0.2) is 30.3 Å². The zero-order valence-corrected chi connectivity index (χ0v) is 15.2. The van der Waals surface area contributed by atoms with Crippen molar-refractivity contribution in [2.24, 2.45) is 0 Å². The molecule has 26 heavy (non-hydrogen) atoms. The largest absolute Gasteiger partial charge is 0.356 e. The average Bonchev–Trinajstić information content (AvgIpc) is 3.25. The fraction of sp³-hybridized carbons (Fsp3) is 0.632. The van der Waals surface area contributed by atoms with Crippen LogP contribution in [-0.2, 0) is 35.1 Å². The maximum absolute atomic E-state index is 12.0. The molecule has 1 aromatic carbocycles. The van der Waals surface area contributed by atoms with Crippen molar-refractivity contribution in [3.8, 4) is 0 Å². The molecule has 0 saturated carbocycles. The highest BCUT2D eigenvalue weighted by Crippen LogP contribution is 2.44. The minimum absolute atomic E-state index is 0.121. The van der Waals surface area contributed by atoms with Crippen LogP contribution in [0.2, 0.25) is 0 Å². The number of likely N-dealkylation sites (N-methyl/N-ethyl adjacent to an activating group) is 1. The van der Waals surface area contributed by atoms with Crippen LogP contribution in [0.5, 0.6) is 0 Å². The van der Waals surface area contributed by atoms with Crippen molar-refractivity contribution in [3.63, 3.8) is 0 Å². The molecular weight excluding hydrogens is 338 g/mol. The van der Waals surface area contributed by atoms with Gasteiger partial charge in [-0.05, 0) is 26.3 Å². The molecule has 3 saturated heterocycles. The van der Waals surface area contributed by atoms with Crippen LogP contribution in [0.25, 0.3) is 0 Å². The van der Waals surface area contributed by atoms with Crippen LogP contribution >= 0.6 is 0 Å². The molecule has 7 nitrogen and oxygen atoms in total. The van der Waals surface area contributed by atoms with E-state index in [-0.39, 0.29) is 24.2 Å². The molecule has 1 N–H and O–H groups in total. The monoisotopic (exact) mass is 363 g/mol. The molecule has 3 aliphatic rings. The van der Waals surface area contributed by atoms with Crippen LogP contribution < -0.4 is 5.32 Å². The maximum Gasteiger partial charge on any atom is 0.251 e. The standard InChI is InChI=1S/C19H25NO6/c1-4-20-17(21)15-13(23-15)12-14-16(26-19(2,3)25-14)18(24-12)22-10-11-8-6-5-7-9-11/h5-9,12-16,18H,4,10H2,1-3H3,(H,20,21)/t12-,13+,14+,15-,16+,18+/m1/s1. The third-order valence-electron chi connectivity index (χ3n) is 4.76. The van der Waals surface area contributed by atoms with Crippen LogP contribution in [0.1, 0.15) is 26.3 Å². The summed E-state index contributed by atoms with van der Waals surface area (Å²) in [5.74, 6) is -0.841. The Morgan fingerprint density at radius 2 is 1.81 bits per heavy atom. The Balaban J connectivity index is 1.43. The minimum Gasteiger partial charge on any atom is -0.356 e. The second kappa shape index (κ2) is 6.90. The number of epoxide rings is 1. The van der Waals surface area contributed by atoms with E-state index in [0.717, 1.165) is 5.56 Å². The quantitative estimate of drug-likeness (QED) is 0.769. The van der Waals surface area contributed by atoms with Crippen LogP contribution in [-0.4, -0.2) is 55.0 Å². The van der Waals surface area contributed by atoms with Crippen molar-refractivity contribution in [1.29, 1.82) is 0 Å². The zero-order valence-electron chi connectivity index (χ0n) is 15.2. The summed E-state index contributed by atoms with van der Waals surface area (Å²) in [7, 11) is 0. The molecule has 3 heterocycles. The first kappa shape index (κ1) is 17.9. The summed E-state index contributed by atoms with van der Waals surface area (Å²) < 4.78 is 29.6. The number of carbonyl (C=O) groups is 1. The first-order chi connectivity index (χ1) is 12.5. The average molecular weight is 363 g/mol. The van der Waals surface area contributed by atoms with Gasteiger partial charge in [0.2, 0.25) is 0 Å². The van der Waals surface area contributed by atoms with Crippen molar-refractivity contribution in [2.75, 3.05) is 6.54 Å². The van der Waals surface area contributed by atoms with E-state index >= 15 is 0 Å². The van der Waals surface area contributed by atoms with Gasteiger partial charge in [0, 0.05) is 6.54 Å². The molecule has 0 spiro atoms. The fourth-order valence-corrected chi connectivity index (χ4v) is 3.60. The number of nitrogens with one attached hydrogen (secondary N) is 1. The summed E-state index contributed by atoms with van der Waals surface area (Å²) in [6.45, 7) is 6.59. The normalized spacial score (nSPS) is 37.3. The Kier molecular flexibility index (Phi) is 4.75. The number of hydrogen-bond acceptors (Lipinski definition) is 6. The van der Waals surface area contributed by atoms with Gasteiger partial charge in [-0.25, -0.2) is 0 Å². The van der Waals surface area contributed by atoms with Crippen molar-refractivity contribution in [2.45, 2.75) is 70.0 Å². The number of fused-ring (bicyclic) bond motifs is 1. The lowest BCUT2D eigenvalue weighted by Crippen LogP contribution is -2.37. The van der Waals surface area contributed by atoms with Gasteiger partial charge in [-0.3, -0.25) is 4.79 Å². The van der Waals surface area contributed by atoms with Gasteiger partial charge in [0.25, 0.3) is 5.91 Å². The Hall–Kier alpha value is -1.51. The lowest BCUT2D eigenvalue weighted by Gasteiger charge is -2.23. The van der Waals surface area contributed by atoms with Crippen molar-refractivity contribution < 1.29 is 28.5 Å². The Labute approximate surface area is 152 Å². The van der Waals surface area contributed by atoms with Crippen LogP contribution in [0.3, 0.4) is 0 Å². The topological polar surface area (TPSA) is 78.6 Å². The number of benzene rings is 1. The van der Waals surface area contributed by atoms with E-state index in [4.69, 9.17) is 23.7 Å². The molecule has 0 bridgehead atoms. The smallest absolute Gasteiger partial charge is 0.251 e. The van der Waals surface area contributed by atoms with Crippen molar-refractivity contribution in [1.82, 2.24) is 5.32 Å². The third kappa shape index (κ3) is 3.50. The second-order valence-corrected chi connectivity index (χ2v) is 7.25. The van der Waals surface area contributed by atoms with Crippen LogP contribution in [0.4, 0.5) is 0 Å². The number of carbonyl (C=O) groups excluding carboxylic acids is 1. The van der Waals surface area contributed by atoms with E-state index < -0.39 is 24.3 Å². The fourth-order valence-electron chi connectivity index (χ4n) is 3.60. The first-order valence-electron chi connectivity index (χ1n) is 9.08. The lowest BCUT2D eigenvalue weighted by atomic mass is 10.1. The molecular formula is C19H25NO6. The van der Waals surface area contributed by atoms with Crippen molar-refractivity contribution in [3.05, 3.63) is 35.9 Å². The number of hydrogen-bond donors (Lipinski definition) is 1. The predicted molar refractivity (Wildman–Crippen MR) is 91.1 cm³/mol. The highest BCUT2D eigenvalue weighted by atomic mass is 16.8. The van der Waals surface area contributed by atoms with Gasteiger partial charge in [-0.15, -0.1) is 0 Å². The summed E-state index contributed by atoms with van der Waals surface area (Å²) in [6, 6.07) is 9.88. The molecule has 142 valence electrons. The lowest BCUT2D eigenvalue weighted by molar-refractivity contribution is -0.238. The molecule has 0 radical (unpaired) electrons. The summed E-state index contributed by atoms with van der Waals surface area (Å²) in [6.07, 6.45) is -2.47. The molecule has 3 aliphatic heterocycles. The van der Waals surface area contributed by atoms with E-state index in [1.807, 2.05) is 51.1 Å². The Bertz CT molecular complexity index is 651. The van der Waals surface area contributed by atoms with Gasteiger partial charge in [0.15, 0.2) is 18.2 Å². The molecule has 1 aromatic rings. The maximum atomic E-state index is 12.0. The zero-order chi connectivity index (χ0) is 18.3. The minimum atomic E-state index is -0.720. The highest BCUT2D eigenvalue weighted by Gasteiger charge is 2.64. The van der Waals surface area contributed by atoms with Gasteiger partial charge in [0.1, 0.15) is 24.4 Å². The highest BCUT2D eigenvalue weighted by molar-refractivity contribution is 5.83. The van der Waals surface area contributed by atoms with Gasteiger partial charge in [0.05, 0.1) is 6.61 Å². The molecule has 0 aromatic heterocycles. The van der Waals surface area contributed by atoms with Gasteiger partial charge < -0.3 is 29.0 Å². The SMILES string of the molecule is CCNC(=O)[C@@H]1O[C@H]1[C@H]1O[C@H](OCc2ccccc2)[C@H]2OC(C)(C)O[C@@H]12. The van der Waals surface area contributed by atoms with E-state index in [2.05, 4.69) is 5.32 Å². The predicted octanol–water partition coefficient (Wildman–Crippen LogP) is 1.35. The summed E-state index contributed by atoms with van der Waals surface area (Å²) >= 11 is 0. The molecule has 7 heteroatoms. The van der Waals surface area contributed by atoms with Gasteiger partial charge in [-0.2, -0.15) is 0 Å². The number of ether oxygens (including phenoxy) is 5. The molecule has 4 rings (SSSR count). The first-order valence-corrected chi connectivity index (χ1v) is 9.08. The number of rotatable bonds is 6. The summed E-state index contributed by atoms with van der Waals surface area (Å²) in [5, 5.41) is 2.77. The summed E-state index contributed by atoms with van der Waals surface area (Å²) in [5.41, 5.74) is 1.05. The number of amides is 1. The molecule has 1 amide bonds. The van der Waals surface area contributed by atoms with Gasteiger partial charge in [-0.1, -0.05) is 30.3 Å². The van der Waals surface area contributed by atoms with E-state index in [1.165, 1.54) is 0 Å². The molecule has 6 atom stereocenters. The Morgan fingerprint density at radius 1 is 1.08 bits per heavy atom.